The molecule has 0 aliphatic rings. The van der Waals surface area contributed by atoms with Crippen molar-refractivity contribution in [2.24, 2.45) is 0 Å². The molecule has 0 aromatic heterocycles. The van der Waals surface area contributed by atoms with E-state index in [0.29, 0.717) is 19.4 Å². The second-order valence-corrected chi connectivity index (χ2v) is 25.6. The van der Waals surface area contributed by atoms with Gasteiger partial charge in [-0.1, -0.05) is 372 Å². The summed E-state index contributed by atoms with van der Waals surface area (Å²) in [6.07, 6.45) is 89.8. The van der Waals surface area contributed by atoms with Crippen molar-refractivity contribution in [2.75, 3.05) is 13.2 Å². The molecule has 2 unspecified atom stereocenters. The summed E-state index contributed by atoms with van der Waals surface area (Å²) in [5, 5.41) is 23.3. The topological polar surface area (TPSA) is 95.9 Å². The van der Waals surface area contributed by atoms with Crippen molar-refractivity contribution in [2.45, 2.75) is 431 Å². The van der Waals surface area contributed by atoms with Crippen LogP contribution >= 0.6 is 0 Å². The number of carbonyl (C=O) groups is 2. The first-order chi connectivity index (χ1) is 40.0. The van der Waals surface area contributed by atoms with Crippen LogP contribution in [0, 0.1) is 0 Å². The summed E-state index contributed by atoms with van der Waals surface area (Å²) in [7, 11) is 0. The minimum absolute atomic E-state index is 0.0160. The smallest absolute Gasteiger partial charge is 0.305 e. The van der Waals surface area contributed by atoms with E-state index in [4.69, 9.17) is 4.74 Å². The molecule has 0 fully saturated rings. The van der Waals surface area contributed by atoms with E-state index in [1.54, 1.807) is 6.08 Å². The molecule has 6 nitrogen and oxygen atoms in total. The van der Waals surface area contributed by atoms with E-state index >= 15 is 0 Å². The summed E-state index contributed by atoms with van der Waals surface area (Å²) in [5.74, 6) is -0.0517. The normalized spacial score (nSPS) is 12.6. The van der Waals surface area contributed by atoms with Crippen molar-refractivity contribution in [3.63, 3.8) is 0 Å². The molecule has 6 heteroatoms. The lowest BCUT2D eigenvalue weighted by atomic mass is 10.0. The van der Waals surface area contributed by atoms with Gasteiger partial charge in [0, 0.05) is 12.8 Å². The van der Waals surface area contributed by atoms with Crippen molar-refractivity contribution in [3.05, 3.63) is 24.3 Å². The number of rotatable bonds is 70. The van der Waals surface area contributed by atoms with Crippen LogP contribution in [0.1, 0.15) is 418 Å². The largest absolute Gasteiger partial charge is 0.466 e. The van der Waals surface area contributed by atoms with Crippen LogP contribution in [0.5, 0.6) is 0 Å². The highest BCUT2D eigenvalue weighted by atomic mass is 16.5. The summed E-state index contributed by atoms with van der Waals surface area (Å²) >= 11 is 0. The maximum Gasteiger partial charge on any atom is 0.305 e. The number of hydrogen-bond donors (Lipinski definition) is 3. The molecule has 0 saturated heterocycles. The fraction of sp³-hybridized carbons (Fsp3) is 0.920. The number of aliphatic hydroxyl groups is 2. The van der Waals surface area contributed by atoms with Crippen molar-refractivity contribution >= 4 is 11.9 Å². The zero-order valence-corrected chi connectivity index (χ0v) is 55.0. The Morgan fingerprint density at radius 1 is 0.333 bits per heavy atom. The molecule has 2 atom stereocenters. The maximum atomic E-state index is 12.5. The third-order valence-corrected chi connectivity index (χ3v) is 17.5. The van der Waals surface area contributed by atoms with Gasteiger partial charge in [0.2, 0.25) is 5.91 Å². The van der Waals surface area contributed by atoms with Crippen molar-refractivity contribution in [1.82, 2.24) is 5.32 Å². The predicted octanol–water partition coefficient (Wildman–Crippen LogP) is 24.1. The van der Waals surface area contributed by atoms with E-state index in [-0.39, 0.29) is 18.5 Å². The van der Waals surface area contributed by atoms with Crippen molar-refractivity contribution in [3.8, 4) is 0 Å². The Kier molecular flexibility index (Phi) is 69.4. The van der Waals surface area contributed by atoms with Crippen LogP contribution in [0.25, 0.3) is 0 Å². The van der Waals surface area contributed by atoms with Gasteiger partial charge in [0.15, 0.2) is 0 Å². The number of hydrogen-bond acceptors (Lipinski definition) is 5. The van der Waals surface area contributed by atoms with Gasteiger partial charge in [0.1, 0.15) is 0 Å². The highest BCUT2D eigenvalue weighted by molar-refractivity contribution is 5.76. The van der Waals surface area contributed by atoms with Crippen LogP contribution in [0.15, 0.2) is 24.3 Å². The minimum atomic E-state index is -0.849. The number of ether oxygens (including phenoxy) is 1. The SMILES string of the molecule is CCCCCCCCCCCCCCCCCCCCCCCCC/C=C/C(O)C(CO)NC(=O)CCCCCCCCCC/C=C\CCCCCCCCCCCCCCOC(=O)CCCCCCCCCCCCCCCCC. The summed E-state index contributed by atoms with van der Waals surface area (Å²) in [5.41, 5.74) is 0. The summed E-state index contributed by atoms with van der Waals surface area (Å²) < 4.78 is 5.50. The zero-order chi connectivity index (χ0) is 58.5. The van der Waals surface area contributed by atoms with Gasteiger partial charge in [-0.25, -0.2) is 0 Å². The highest BCUT2D eigenvalue weighted by Gasteiger charge is 2.18. The quantitative estimate of drug-likeness (QED) is 0.0320. The standard InChI is InChI=1S/C75H145NO5/c1-3-5-7-9-11-13-15-17-19-20-21-22-23-24-27-30-33-36-40-43-47-51-55-59-63-67-73(78)72(71-77)76-74(79)68-64-60-56-52-48-44-41-37-34-31-28-25-26-29-32-35-38-42-46-50-54-58-62-66-70-81-75(80)69-65-61-57-53-49-45-39-18-16-14-12-10-8-6-4-2/h28,31,63,67,72-73,77-78H,3-27,29-30,32-62,64-66,68-71H2,1-2H3,(H,76,79)/b31-28-,67-63+. The number of carbonyl (C=O) groups excluding carboxylic acids is 2. The highest BCUT2D eigenvalue weighted by Crippen LogP contribution is 2.19. The maximum absolute atomic E-state index is 12.5. The molecule has 3 N–H and O–H groups in total. The van der Waals surface area contributed by atoms with Gasteiger partial charge in [-0.15, -0.1) is 0 Å². The molecular formula is C75H145NO5. The molecule has 480 valence electrons. The Bertz CT molecular complexity index is 1270. The van der Waals surface area contributed by atoms with E-state index in [9.17, 15) is 19.8 Å². The Hall–Kier alpha value is -1.66. The lowest BCUT2D eigenvalue weighted by Gasteiger charge is -2.20. The fourth-order valence-electron chi connectivity index (χ4n) is 11.8. The number of nitrogens with one attached hydrogen (secondary N) is 1. The average Bonchev–Trinajstić information content (AvgIpc) is 3.47. The van der Waals surface area contributed by atoms with E-state index in [1.165, 1.54) is 353 Å². The monoisotopic (exact) mass is 1140 g/mol. The summed E-state index contributed by atoms with van der Waals surface area (Å²) in [6.45, 7) is 4.95. The van der Waals surface area contributed by atoms with Crippen LogP contribution < -0.4 is 5.32 Å². The van der Waals surface area contributed by atoms with E-state index < -0.39 is 12.1 Å². The van der Waals surface area contributed by atoms with Crippen LogP contribution in [0.3, 0.4) is 0 Å². The summed E-state index contributed by atoms with van der Waals surface area (Å²) in [4.78, 5) is 24.6. The molecular weight excluding hydrogens is 995 g/mol. The average molecular weight is 1140 g/mol. The number of allylic oxidation sites excluding steroid dienone is 3. The van der Waals surface area contributed by atoms with E-state index in [2.05, 4.69) is 31.3 Å². The lowest BCUT2D eigenvalue weighted by Crippen LogP contribution is -2.45. The summed E-state index contributed by atoms with van der Waals surface area (Å²) in [6, 6.07) is -0.633. The number of amides is 1. The predicted molar refractivity (Wildman–Crippen MR) is 356 cm³/mol. The molecule has 0 rings (SSSR count). The number of esters is 1. The van der Waals surface area contributed by atoms with Gasteiger partial charge in [0.05, 0.1) is 25.4 Å². The molecule has 1 amide bonds. The van der Waals surface area contributed by atoms with E-state index in [1.807, 2.05) is 6.08 Å². The first-order valence-corrected chi connectivity index (χ1v) is 37.1. The van der Waals surface area contributed by atoms with Crippen LogP contribution in [0.4, 0.5) is 0 Å². The Balaban J connectivity index is 3.42. The zero-order valence-electron chi connectivity index (χ0n) is 55.0. The Morgan fingerprint density at radius 3 is 0.877 bits per heavy atom. The Labute approximate surface area is 507 Å². The van der Waals surface area contributed by atoms with Crippen LogP contribution in [-0.4, -0.2) is 47.4 Å². The molecule has 0 radical (unpaired) electrons. The van der Waals surface area contributed by atoms with Gasteiger partial charge >= 0.3 is 5.97 Å². The molecule has 0 saturated carbocycles. The van der Waals surface area contributed by atoms with Crippen LogP contribution in [-0.2, 0) is 14.3 Å². The first kappa shape index (κ1) is 79.3. The lowest BCUT2D eigenvalue weighted by molar-refractivity contribution is -0.143. The molecule has 0 aliphatic carbocycles. The third-order valence-electron chi connectivity index (χ3n) is 17.5. The molecule has 0 aromatic rings. The van der Waals surface area contributed by atoms with Gasteiger partial charge < -0.3 is 20.3 Å². The van der Waals surface area contributed by atoms with Crippen molar-refractivity contribution < 1.29 is 24.5 Å². The van der Waals surface area contributed by atoms with Gasteiger partial charge in [0.25, 0.3) is 0 Å². The van der Waals surface area contributed by atoms with E-state index in [0.717, 1.165) is 38.5 Å². The molecule has 81 heavy (non-hydrogen) atoms. The number of aliphatic hydroxyl groups excluding tert-OH is 2. The van der Waals surface area contributed by atoms with Crippen molar-refractivity contribution in [1.29, 1.82) is 0 Å². The minimum Gasteiger partial charge on any atom is -0.466 e. The molecule has 0 bridgehead atoms. The van der Waals surface area contributed by atoms with Gasteiger partial charge in [-0.2, -0.15) is 0 Å². The number of unbranched alkanes of at least 4 members (excludes halogenated alkanes) is 57. The first-order valence-electron chi connectivity index (χ1n) is 37.1. The fourth-order valence-corrected chi connectivity index (χ4v) is 11.8. The van der Waals surface area contributed by atoms with Gasteiger partial charge in [-0.3, -0.25) is 9.59 Å². The third kappa shape index (κ3) is 67.3. The second kappa shape index (κ2) is 70.8. The second-order valence-electron chi connectivity index (χ2n) is 25.6. The molecule has 0 heterocycles. The molecule has 0 spiro atoms. The Morgan fingerprint density at radius 2 is 0.580 bits per heavy atom. The molecule has 0 aromatic carbocycles. The van der Waals surface area contributed by atoms with Gasteiger partial charge in [-0.05, 0) is 57.8 Å². The van der Waals surface area contributed by atoms with Crippen LogP contribution in [0.2, 0.25) is 0 Å². The molecule has 0 aliphatic heterocycles.